The minimum absolute atomic E-state index is 0.231. The number of aromatic nitrogens is 2. The lowest BCUT2D eigenvalue weighted by atomic mass is 10.0. The Balaban J connectivity index is 1.24. The fourth-order valence-corrected chi connectivity index (χ4v) is 5.72. The molecule has 1 aromatic heterocycles. The maximum atomic E-state index is 13.2. The van der Waals surface area contributed by atoms with Gasteiger partial charge in [-0.15, -0.1) is 0 Å². The van der Waals surface area contributed by atoms with E-state index in [9.17, 15) is 19.6 Å². The van der Waals surface area contributed by atoms with Gasteiger partial charge in [-0.25, -0.2) is 4.68 Å². The largest absolute Gasteiger partial charge is 0.484 e. The molecule has 2 heterocycles. The molecule has 2 fully saturated rings. The zero-order chi connectivity index (χ0) is 30.1. The zero-order valence-electron chi connectivity index (χ0n) is 23.8. The van der Waals surface area contributed by atoms with Crippen LogP contribution in [0.3, 0.4) is 0 Å². The van der Waals surface area contributed by atoms with Crippen LogP contribution in [0.5, 0.6) is 5.75 Å². The molecule has 1 saturated carbocycles. The van der Waals surface area contributed by atoms with Crippen LogP contribution in [-0.2, 0) is 9.59 Å². The van der Waals surface area contributed by atoms with Gasteiger partial charge in [0.25, 0.3) is 5.91 Å². The molecule has 2 aliphatic rings. The zero-order valence-corrected chi connectivity index (χ0v) is 23.8. The molecule has 3 aromatic carbocycles. The van der Waals surface area contributed by atoms with E-state index in [-0.39, 0.29) is 11.8 Å². The van der Waals surface area contributed by atoms with Crippen molar-refractivity contribution in [1.82, 2.24) is 20.0 Å². The van der Waals surface area contributed by atoms with E-state index in [2.05, 4.69) is 16.5 Å². The van der Waals surface area contributed by atoms with Gasteiger partial charge in [-0.05, 0) is 74.6 Å². The molecule has 3 N–H and O–H groups in total. The van der Waals surface area contributed by atoms with Gasteiger partial charge in [-0.2, -0.15) is 10.4 Å². The summed E-state index contributed by atoms with van der Waals surface area (Å²) in [5, 5.41) is 17.9. The SMILES string of the molecule is C[C@H](NC(=O)C1(C#N)CC1)[C@H](Oc1ccc2c(cnn2-c2cccc(C(=O)N3CCC[C@@H]3C(N)=O)c2)c1)c1ccccc1. The number of likely N-dealkylation sites (tertiary alicyclic amines) is 1. The molecule has 6 rings (SSSR count). The standard InChI is InChI=1S/C33H32N6O4/c1-21(37-32(42)33(20-34)14-15-33)29(22-7-3-2-4-8-22)43-26-12-13-27-24(18-26)19-36-39(27)25-10-5-9-23(17-25)31(41)38-16-6-11-28(38)30(35)40/h2-5,7-10,12-13,17-19,21,28-29H,6,11,14-16H2,1H3,(H2,35,40)(H,37,42)/t21-,28+,29-/m0/s1. The van der Waals surface area contributed by atoms with E-state index in [0.717, 1.165) is 22.9 Å². The molecular weight excluding hydrogens is 544 g/mol. The van der Waals surface area contributed by atoms with Crippen molar-refractivity contribution in [3.05, 3.63) is 90.1 Å². The highest BCUT2D eigenvalue weighted by Crippen LogP contribution is 2.45. The molecule has 10 heteroatoms. The Morgan fingerprint density at radius 1 is 1.09 bits per heavy atom. The Hall–Kier alpha value is -5.17. The van der Waals surface area contributed by atoms with Crippen LogP contribution in [-0.4, -0.2) is 51.0 Å². The Kier molecular flexibility index (Phi) is 7.32. The number of amides is 3. The highest BCUT2D eigenvalue weighted by Gasteiger charge is 2.51. The summed E-state index contributed by atoms with van der Waals surface area (Å²) in [7, 11) is 0. The number of nitrogens with two attached hydrogens (primary N) is 1. The average Bonchev–Trinajstić information content (AvgIpc) is 3.47. The molecule has 3 atom stereocenters. The normalized spacial score (nSPS) is 18.4. The van der Waals surface area contributed by atoms with E-state index in [1.165, 1.54) is 0 Å². The van der Waals surface area contributed by atoms with Gasteiger partial charge >= 0.3 is 0 Å². The van der Waals surface area contributed by atoms with Crippen molar-refractivity contribution in [3.63, 3.8) is 0 Å². The third kappa shape index (κ3) is 5.42. The first kappa shape index (κ1) is 28.0. The summed E-state index contributed by atoms with van der Waals surface area (Å²) in [5.41, 5.74) is 7.47. The van der Waals surface area contributed by atoms with Crippen LogP contribution in [0, 0.1) is 16.7 Å². The van der Waals surface area contributed by atoms with Gasteiger partial charge in [0, 0.05) is 17.5 Å². The first-order valence-electron chi connectivity index (χ1n) is 14.4. The van der Waals surface area contributed by atoms with E-state index in [4.69, 9.17) is 10.5 Å². The average molecular weight is 577 g/mol. The first-order valence-corrected chi connectivity index (χ1v) is 14.4. The number of nitrogens with zero attached hydrogens (tertiary/aromatic N) is 4. The lowest BCUT2D eigenvalue weighted by Crippen LogP contribution is -2.43. The molecule has 0 spiro atoms. The minimum atomic E-state index is -0.928. The monoisotopic (exact) mass is 576 g/mol. The number of carbonyl (C=O) groups excluding carboxylic acids is 3. The van der Waals surface area contributed by atoms with Crippen LogP contribution in [0.15, 0.2) is 79.0 Å². The number of fused-ring (bicyclic) bond motifs is 1. The fourth-order valence-electron chi connectivity index (χ4n) is 5.72. The van der Waals surface area contributed by atoms with Crippen LogP contribution in [0.4, 0.5) is 0 Å². The topological polar surface area (TPSA) is 143 Å². The summed E-state index contributed by atoms with van der Waals surface area (Å²) < 4.78 is 8.22. The molecule has 10 nitrogen and oxygen atoms in total. The second-order valence-corrected chi connectivity index (χ2v) is 11.3. The minimum Gasteiger partial charge on any atom is -0.484 e. The van der Waals surface area contributed by atoms with E-state index in [1.807, 2.05) is 61.5 Å². The molecule has 0 unspecified atom stereocenters. The number of ether oxygens (including phenoxy) is 1. The molecule has 1 aliphatic heterocycles. The molecule has 4 aromatic rings. The number of hydrogen-bond donors (Lipinski definition) is 2. The predicted molar refractivity (Wildman–Crippen MR) is 159 cm³/mol. The van der Waals surface area contributed by atoms with Crippen molar-refractivity contribution in [3.8, 4) is 17.5 Å². The van der Waals surface area contributed by atoms with Crippen molar-refractivity contribution in [1.29, 1.82) is 5.26 Å². The smallest absolute Gasteiger partial charge is 0.254 e. The summed E-state index contributed by atoms with van der Waals surface area (Å²) in [6.45, 7) is 2.37. The molecule has 0 bridgehead atoms. The Bertz CT molecular complexity index is 1740. The number of primary amides is 1. The van der Waals surface area contributed by atoms with Crippen molar-refractivity contribution in [2.45, 2.75) is 50.8 Å². The maximum Gasteiger partial charge on any atom is 0.254 e. The molecule has 43 heavy (non-hydrogen) atoms. The van der Waals surface area contributed by atoms with Gasteiger partial charge < -0.3 is 20.7 Å². The molecule has 3 amide bonds. The summed E-state index contributed by atoms with van der Waals surface area (Å²) in [6, 6.07) is 23.6. The lowest BCUT2D eigenvalue weighted by molar-refractivity contribution is -0.125. The van der Waals surface area contributed by atoms with Gasteiger partial charge in [-0.1, -0.05) is 36.4 Å². The van der Waals surface area contributed by atoms with E-state index in [1.54, 1.807) is 34.0 Å². The third-order valence-corrected chi connectivity index (χ3v) is 8.32. The molecule has 218 valence electrons. The van der Waals surface area contributed by atoms with Crippen molar-refractivity contribution in [2.24, 2.45) is 11.1 Å². The second-order valence-electron chi connectivity index (χ2n) is 11.3. The van der Waals surface area contributed by atoms with Gasteiger partial charge in [0.05, 0.1) is 29.5 Å². The number of benzene rings is 3. The second kappa shape index (κ2) is 11.2. The summed E-state index contributed by atoms with van der Waals surface area (Å²) in [4.78, 5) is 39.4. The Labute approximate surface area is 249 Å². The number of nitriles is 1. The third-order valence-electron chi connectivity index (χ3n) is 8.32. The maximum absolute atomic E-state index is 13.2. The Morgan fingerprint density at radius 2 is 1.88 bits per heavy atom. The van der Waals surface area contributed by atoms with Crippen molar-refractivity contribution < 1.29 is 19.1 Å². The van der Waals surface area contributed by atoms with Gasteiger partial charge in [0.2, 0.25) is 11.8 Å². The Morgan fingerprint density at radius 3 is 2.60 bits per heavy atom. The number of carbonyl (C=O) groups is 3. The van der Waals surface area contributed by atoms with Gasteiger partial charge in [0.15, 0.2) is 0 Å². The first-order chi connectivity index (χ1) is 20.8. The van der Waals surface area contributed by atoms with Crippen molar-refractivity contribution >= 4 is 28.6 Å². The number of rotatable bonds is 9. The number of nitrogens with one attached hydrogen (secondary N) is 1. The highest BCUT2D eigenvalue weighted by atomic mass is 16.5. The van der Waals surface area contributed by atoms with Crippen LogP contribution in [0.25, 0.3) is 16.6 Å². The molecule has 0 radical (unpaired) electrons. The highest BCUT2D eigenvalue weighted by molar-refractivity contribution is 5.98. The molecule has 1 aliphatic carbocycles. The van der Waals surface area contributed by atoms with Crippen LogP contribution < -0.4 is 15.8 Å². The van der Waals surface area contributed by atoms with Crippen molar-refractivity contribution in [2.75, 3.05) is 6.54 Å². The van der Waals surface area contributed by atoms with Crippen LogP contribution >= 0.6 is 0 Å². The van der Waals surface area contributed by atoms with E-state index >= 15 is 0 Å². The summed E-state index contributed by atoms with van der Waals surface area (Å²) in [6.07, 6.45) is 3.69. The van der Waals surface area contributed by atoms with Gasteiger partial charge in [-0.3, -0.25) is 14.4 Å². The van der Waals surface area contributed by atoms with E-state index in [0.29, 0.717) is 42.8 Å². The van der Waals surface area contributed by atoms with E-state index < -0.39 is 29.5 Å². The molecule has 1 saturated heterocycles. The number of hydrogen-bond acceptors (Lipinski definition) is 6. The molecular formula is C33H32N6O4. The lowest BCUT2D eigenvalue weighted by Gasteiger charge is -2.27. The fraction of sp³-hybridized carbons (Fsp3) is 0.303. The summed E-state index contributed by atoms with van der Waals surface area (Å²) in [5.74, 6) is -0.387. The summed E-state index contributed by atoms with van der Waals surface area (Å²) >= 11 is 0. The van der Waals surface area contributed by atoms with Crippen LogP contribution in [0.1, 0.15) is 54.6 Å². The predicted octanol–water partition coefficient (Wildman–Crippen LogP) is 4.04. The quantitative estimate of drug-likeness (QED) is 0.308. The van der Waals surface area contributed by atoms with Crippen LogP contribution in [0.2, 0.25) is 0 Å². The van der Waals surface area contributed by atoms with Gasteiger partial charge in [0.1, 0.15) is 23.3 Å².